The second kappa shape index (κ2) is 6.13. The fraction of sp³-hybridized carbons (Fsp3) is 0.316. The molecular formula is C19H22O2. The first-order valence-electron chi connectivity index (χ1n) is 7.24. The van der Waals surface area contributed by atoms with Crippen LogP contribution in [0, 0.1) is 27.7 Å². The topological polar surface area (TPSA) is 26.3 Å². The third-order valence-electron chi connectivity index (χ3n) is 3.66. The normalized spacial score (nSPS) is 12.0. The van der Waals surface area contributed by atoms with Crippen LogP contribution >= 0.6 is 0 Å². The van der Waals surface area contributed by atoms with Crippen LogP contribution in [0.5, 0.6) is 5.75 Å². The summed E-state index contributed by atoms with van der Waals surface area (Å²) in [6, 6.07) is 11.9. The van der Waals surface area contributed by atoms with Gasteiger partial charge < -0.3 is 4.74 Å². The van der Waals surface area contributed by atoms with Crippen molar-refractivity contribution in [2.45, 2.75) is 40.7 Å². The quantitative estimate of drug-likeness (QED) is 0.768. The Morgan fingerprint density at radius 3 is 2.19 bits per heavy atom. The molecule has 0 aliphatic rings. The van der Waals surface area contributed by atoms with Crippen molar-refractivity contribution in [3.8, 4) is 5.75 Å². The molecular weight excluding hydrogens is 260 g/mol. The fourth-order valence-corrected chi connectivity index (χ4v) is 2.40. The molecule has 0 aliphatic carbocycles. The van der Waals surface area contributed by atoms with Crippen LogP contribution in [-0.4, -0.2) is 11.9 Å². The summed E-state index contributed by atoms with van der Waals surface area (Å²) in [5.74, 6) is 0.794. The van der Waals surface area contributed by atoms with Gasteiger partial charge in [-0.2, -0.15) is 0 Å². The summed E-state index contributed by atoms with van der Waals surface area (Å²) in [7, 11) is 0. The van der Waals surface area contributed by atoms with E-state index in [1.54, 1.807) is 0 Å². The molecule has 110 valence electrons. The molecule has 0 fully saturated rings. The maximum absolute atomic E-state index is 12.6. The summed E-state index contributed by atoms with van der Waals surface area (Å²) in [4.78, 5) is 12.6. The van der Waals surface area contributed by atoms with E-state index >= 15 is 0 Å². The minimum atomic E-state index is -0.494. The zero-order valence-corrected chi connectivity index (χ0v) is 13.4. The van der Waals surface area contributed by atoms with Crippen LogP contribution in [0.4, 0.5) is 0 Å². The third kappa shape index (κ3) is 3.52. The second-order valence-electron chi connectivity index (χ2n) is 5.71. The summed E-state index contributed by atoms with van der Waals surface area (Å²) < 4.78 is 5.86. The average Bonchev–Trinajstić information content (AvgIpc) is 2.43. The monoisotopic (exact) mass is 282 g/mol. The van der Waals surface area contributed by atoms with E-state index < -0.39 is 6.10 Å². The van der Waals surface area contributed by atoms with Gasteiger partial charge in [0.15, 0.2) is 6.10 Å². The first-order chi connectivity index (χ1) is 9.88. The third-order valence-corrected chi connectivity index (χ3v) is 3.66. The Bertz CT molecular complexity index is 671. The minimum Gasteiger partial charge on any atom is -0.482 e. The lowest BCUT2D eigenvalue weighted by atomic mass is 9.99. The Kier molecular flexibility index (Phi) is 4.46. The Balaban J connectivity index is 2.21. The Hall–Kier alpha value is -2.09. The summed E-state index contributed by atoms with van der Waals surface area (Å²) in [6.07, 6.45) is -0.494. The predicted octanol–water partition coefficient (Wildman–Crippen LogP) is 4.57. The molecule has 0 saturated carbocycles. The predicted molar refractivity (Wildman–Crippen MR) is 86.3 cm³/mol. The molecule has 0 N–H and O–H groups in total. The molecule has 0 amide bonds. The molecule has 0 aromatic heterocycles. The number of hydrogen-bond acceptors (Lipinski definition) is 2. The largest absolute Gasteiger partial charge is 0.482 e. The van der Waals surface area contributed by atoms with Gasteiger partial charge in [0, 0.05) is 5.56 Å². The fourth-order valence-electron chi connectivity index (χ4n) is 2.40. The van der Waals surface area contributed by atoms with E-state index in [1.807, 2.05) is 65.0 Å². The van der Waals surface area contributed by atoms with Gasteiger partial charge in [0.2, 0.25) is 5.78 Å². The molecule has 2 aromatic carbocycles. The molecule has 0 spiro atoms. The van der Waals surface area contributed by atoms with E-state index in [2.05, 4.69) is 6.07 Å². The van der Waals surface area contributed by atoms with Gasteiger partial charge in [-0.25, -0.2) is 0 Å². The number of carbonyl (C=O) groups is 1. The van der Waals surface area contributed by atoms with Crippen molar-refractivity contribution < 1.29 is 9.53 Å². The minimum absolute atomic E-state index is 0.0242. The van der Waals surface area contributed by atoms with Crippen molar-refractivity contribution in [3.05, 3.63) is 64.2 Å². The van der Waals surface area contributed by atoms with E-state index in [-0.39, 0.29) is 5.78 Å². The lowest BCUT2D eigenvalue weighted by Crippen LogP contribution is -2.25. The molecule has 2 aromatic rings. The van der Waals surface area contributed by atoms with Gasteiger partial charge in [-0.05, 0) is 57.9 Å². The number of benzene rings is 2. The van der Waals surface area contributed by atoms with Crippen molar-refractivity contribution in [1.82, 2.24) is 0 Å². The van der Waals surface area contributed by atoms with Crippen LogP contribution in [-0.2, 0) is 0 Å². The number of Topliss-reactive ketones (excluding diaryl/α,β-unsaturated/α-hetero) is 1. The summed E-state index contributed by atoms with van der Waals surface area (Å²) in [5.41, 5.74) is 5.06. The van der Waals surface area contributed by atoms with Crippen molar-refractivity contribution in [2.75, 3.05) is 0 Å². The smallest absolute Gasteiger partial charge is 0.203 e. The van der Waals surface area contributed by atoms with Gasteiger partial charge in [-0.15, -0.1) is 0 Å². The molecule has 0 heterocycles. The standard InChI is InChI=1S/C19H22O2/c1-12-7-9-18(15(4)10-12)21-16(5)19(20)17-11-13(2)6-8-14(17)3/h6-11,16H,1-5H3. The molecule has 1 unspecified atom stereocenters. The maximum atomic E-state index is 12.6. The van der Waals surface area contributed by atoms with E-state index in [0.717, 1.165) is 28.0 Å². The number of aryl methyl sites for hydroxylation is 4. The van der Waals surface area contributed by atoms with Gasteiger partial charge in [0.05, 0.1) is 0 Å². The average molecular weight is 282 g/mol. The van der Waals surface area contributed by atoms with Crippen LogP contribution in [0.1, 0.15) is 39.5 Å². The van der Waals surface area contributed by atoms with Crippen LogP contribution < -0.4 is 4.74 Å². The van der Waals surface area contributed by atoms with Crippen LogP contribution in [0.2, 0.25) is 0 Å². The molecule has 2 rings (SSSR count). The van der Waals surface area contributed by atoms with Gasteiger partial charge in [0.1, 0.15) is 5.75 Å². The Labute approximate surface area is 126 Å². The highest BCUT2D eigenvalue weighted by Gasteiger charge is 2.19. The molecule has 0 aliphatic heterocycles. The van der Waals surface area contributed by atoms with Crippen molar-refractivity contribution in [3.63, 3.8) is 0 Å². The first-order valence-corrected chi connectivity index (χ1v) is 7.24. The number of ketones is 1. The Morgan fingerprint density at radius 2 is 1.52 bits per heavy atom. The molecule has 0 bridgehead atoms. The van der Waals surface area contributed by atoms with Crippen molar-refractivity contribution >= 4 is 5.78 Å². The SMILES string of the molecule is Cc1ccc(OC(C)C(=O)c2cc(C)ccc2C)c(C)c1. The molecule has 0 radical (unpaired) electrons. The number of carbonyl (C=O) groups excluding carboxylic acids is 1. The van der Waals surface area contributed by atoms with Gasteiger partial charge in [0.25, 0.3) is 0 Å². The molecule has 1 atom stereocenters. The summed E-state index contributed by atoms with van der Waals surface area (Å²) >= 11 is 0. The first kappa shape index (κ1) is 15.3. The zero-order valence-electron chi connectivity index (χ0n) is 13.4. The highest BCUT2D eigenvalue weighted by Crippen LogP contribution is 2.22. The van der Waals surface area contributed by atoms with Gasteiger partial charge >= 0.3 is 0 Å². The van der Waals surface area contributed by atoms with Crippen LogP contribution in [0.15, 0.2) is 36.4 Å². The maximum Gasteiger partial charge on any atom is 0.203 e. The second-order valence-corrected chi connectivity index (χ2v) is 5.71. The van der Waals surface area contributed by atoms with Crippen LogP contribution in [0.25, 0.3) is 0 Å². The molecule has 21 heavy (non-hydrogen) atoms. The zero-order chi connectivity index (χ0) is 15.6. The molecule has 0 saturated heterocycles. The lowest BCUT2D eigenvalue weighted by molar-refractivity contribution is 0.0816. The van der Waals surface area contributed by atoms with Gasteiger partial charge in [-0.3, -0.25) is 4.79 Å². The number of ether oxygens (including phenoxy) is 1. The molecule has 2 heteroatoms. The summed E-state index contributed by atoms with van der Waals surface area (Å²) in [6.45, 7) is 9.80. The highest BCUT2D eigenvalue weighted by molar-refractivity contribution is 6.00. The van der Waals surface area contributed by atoms with Crippen LogP contribution in [0.3, 0.4) is 0 Å². The number of rotatable bonds is 4. The van der Waals surface area contributed by atoms with E-state index in [9.17, 15) is 4.79 Å². The number of hydrogen-bond donors (Lipinski definition) is 0. The van der Waals surface area contributed by atoms with Gasteiger partial charge in [-0.1, -0.05) is 35.4 Å². The summed E-state index contributed by atoms with van der Waals surface area (Å²) in [5, 5.41) is 0. The molecule has 2 nitrogen and oxygen atoms in total. The lowest BCUT2D eigenvalue weighted by Gasteiger charge is -2.17. The van der Waals surface area contributed by atoms with E-state index in [1.165, 1.54) is 5.56 Å². The van der Waals surface area contributed by atoms with Crippen molar-refractivity contribution in [2.24, 2.45) is 0 Å². The highest BCUT2D eigenvalue weighted by atomic mass is 16.5. The Morgan fingerprint density at radius 1 is 0.905 bits per heavy atom. The van der Waals surface area contributed by atoms with E-state index in [4.69, 9.17) is 4.74 Å². The van der Waals surface area contributed by atoms with E-state index in [0.29, 0.717) is 0 Å². The van der Waals surface area contributed by atoms with Crippen molar-refractivity contribution in [1.29, 1.82) is 0 Å².